The van der Waals surface area contributed by atoms with E-state index in [9.17, 15) is 0 Å². The van der Waals surface area contributed by atoms with Crippen molar-refractivity contribution in [2.45, 2.75) is 39.5 Å². The molecule has 2 N–H and O–H groups in total. The van der Waals surface area contributed by atoms with Crippen LogP contribution < -0.4 is 15.2 Å². The predicted molar refractivity (Wildman–Crippen MR) is 65.0 cm³/mol. The Hall–Kier alpha value is -1.59. The number of rotatable bonds is 8. The summed E-state index contributed by atoms with van der Waals surface area (Å²) in [5.41, 5.74) is 5.52. The second-order valence-corrected chi connectivity index (χ2v) is 3.60. The van der Waals surface area contributed by atoms with Crippen LogP contribution in [0.3, 0.4) is 0 Å². The monoisotopic (exact) mass is 240 g/mol. The summed E-state index contributed by atoms with van der Waals surface area (Å²) >= 11 is 0. The lowest BCUT2D eigenvalue weighted by Crippen LogP contribution is -2.07. The Bertz CT molecular complexity index is 333. The third kappa shape index (κ3) is 5.33. The van der Waals surface area contributed by atoms with Crippen LogP contribution in [-0.4, -0.2) is 28.2 Å². The van der Waals surface area contributed by atoms with Crippen molar-refractivity contribution in [1.29, 1.82) is 0 Å². The molecule has 1 rings (SSSR count). The number of nitrogen functional groups attached to an aromatic ring is 1. The Morgan fingerprint density at radius 2 is 1.65 bits per heavy atom. The maximum atomic E-state index is 5.52. The first-order valence-electron chi connectivity index (χ1n) is 6.03. The molecule has 0 fully saturated rings. The number of unbranched alkanes of at least 4 members (excludes halogenated alkanes) is 3. The molecule has 1 heterocycles. The van der Waals surface area contributed by atoms with Crippen molar-refractivity contribution in [1.82, 2.24) is 15.0 Å². The third-order valence-corrected chi connectivity index (χ3v) is 2.11. The van der Waals surface area contributed by atoms with E-state index >= 15 is 0 Å². The normalized spacial score (nSPS) is 10.2. The van der Waals surface area contributed by atoms with Crippen molar-refractivity contribution >= 4 is 5.95 Å². The zero-order chi connectivity index (χ0) is 12.5. The maximum absolute atomic E-state index is 5.52. The summed E-state index contributed by atoms with van der Waals surface area (Å²) in [6, 6.07) is 0.445. The summed E-state index contributed by atoms with van der Waals surface area (Å²) in [5.74, 6) is 0.118. The molecule has 1 aromatic rings. The Kier molecular flexibility index (Phi) is 6.06. The lowest BCUT2D eigenvalue weighted by Gasteiger charge is -2.06. The first-order valence-corrected chi connectivity index (χ1v) is 6.03. The Balaban J connectivity index is 2.41. The zero-order valence-electron chi connectivity index (χ0n) is 10.5. The average molecular weight is 240 g/mol. The SMILES string of the molecule is CCCCCCOc1nc(N)nc(OCC)n1. The zero-order valence-corrected chi connectivity index (χ0v) is 10.5. The van der Waals surface area contributed by atoms with Gasteiger partial charge in [0.25, 0.3) is 0 Å². The van der Waals surface area contributed by atoms with Gasteiger partial charge >= 0.3 is 12.0 Å². The third-order valence-electron chi connectivity index (χ3n) is 2.11. The number of nitrogens with zero attached hydrogens (tertiary/aromatic N) is 3. The van der Waals surface area contributed by atoms with Gasteiger partial charge in [-0.3, -0.25) is 0 Å². The Morgan fingerprint density at radius 1 is 0.941 bits per heavy atom. The minimum absolute atomic E-state index is 0.118. The van der Waals surface area contributed by atoms with E-state index in [0.717, 1.165) is 12.8 Å². The van der Waals surface area contributed by atoms with Gasteiger partial charge in [0.2, 0.25) is 5.95 Å². The van der Waals surface area contributed by atoms with Crippen molar-refractivity contribution in [3.8, 4) is 12.0 Å². The second kappa shape index (κ2) is 7.65. The van der Waals surface area contributed by atoms with Crippen LogP contribution in [0.1, 0.15) is 39.5 Å². The second-order valence-electron chi connectivity index (χ2n) is 3.60. The highest BCUT2D eigenvalue weighted by Gasteiger charge is 2.05. The van der Waals surface area contributed by atoms with Crippen LogP contribution in [0, 0.1) is 0 Å². The molecule has 0 aliphatic heterocycles. The van der Waals surface area contributed by atoms with Crippen LogP contribution in [0.2, 0.25) is 0 Å². The van der Waals surface area contributed by atoms with E-state index in [2.05, 4.69) is 21.9 Å². The number of hydrogen-bond acceptors (Lipinski definition) is 6. The molecule has 96 valence electrons. The minimum Gasteiger partial charge on any atom is -0.464 e. The van der Waals surface area contributed by atoms with Gasteiger partial charge in [-0.05, 0) is 13.3 Å². The number of ether oxygens (including phenoxy) is 2. The molecule has 0 aliphatic carbocycles. The molecule has 6 heteroatoms. The lowest BCUT2D eigenvalue weighted by atomic mass is 10.2. The predicted octanol–water partition coefficient (Wildman–Crippen LogP) is 1.81. The fourth-order valence-corrected chi connectivity index (χ4v) is 1.30. The van der Waals surface area contributed by atoms with Crippen LogP contribution in [-0.2, 0) is 0 Å². The number of nitrogens with two attached hydrogens (primary N) is 1. The van der Waals surface area contributed by atoms with E-state index in [0.29, 0.717) is 13.2 Å². The molecule has 0 aliphatic rings. The number of hydrogen-bond donors (Lipinski definition) is 1. The summed E-state index contributed by atoms with van der Waals surface area (Å²) in [7, 11) is 0. The molecular formula is C11H20N4O2. The summed E-state index contributed by atoms with van der Waals surface area (Å²) in [5, 5.41) is 0. The number of anilines is 1. The van der Waals surface area contributed by atoms with Crippen molar-refractivity contribution in [3.63, 3.8) is 0 Å². The largest absolute Gasteiger partial charge is 0.464 e. The van der Waals surface area contributed by atoms with E-state index in [4.69, 9.17) is 15.2 Å². The molecule has 0 radical (unpaired) electrons. The van der Waals surface area contributed by atoms with Crippen molar-refractivity contribution in [2.24, 2.45) is 0 Å². The van der Waals surface area contributed by atoms with Gasteiger partial charge in [0, 0.05) is 0 Å². The van der Waals surface area contributed by atoms with Gasteiger partial charge in [0.1, 0.15) is 0 Å². The van der Waals surface area contributed by atoms with E-state index in [1.54, 1.807) is 0 Å². The van der Waals surface area contributed by atoms with Gasteiger partial charge in [-0.15, -0.1) is 4.98 Å². The quantitative estimate of drug-likeness (QED) is 0.698. The van der Waals surface area contributed by atoms with Crippen LogP contribution in [0.5, 0.6) is 12.0 Å². The fraction of sp³-hybridized carbons (Fsp3) is 0.727. The highest BCUT2D eigenvalue weighted by Crippen LogP contribution is 2.11. The molecule has 0 atom stereocenters. The topological polar surface area (TPSA) is 83.2 Å². The molecule has 0 saturated carbocycles. The summed E-state index contributed by atoms with van der Waals surface area (Å²) in [6.45, 7) is 5.10. The Morgan fingerprint density at radius 3 is 2.29 bits per heavy atom. The Labute approximate surface area is 102 Å². The van der Waals surface area contributed by atoms with Gasteiger partial charge in [-0.25, -0.2) is 0 Å². The first kappa shape index (κ1) is 13.5. The molecule has 0 amide bonds. The smallest absolute Gasteiger partial charge is 0.324 e. The van der Waals surface area contributed by atoms with Crippen molar-refractivity contribution in [3.05, 3.63) is 0 Å². The van der Waals surface area contributed by atoms with Gasteiger partial charge in [-0.2, -0.15) is 9.97 Å². The van der Waals surface area contributed by atoms with E-state index < -0.39 is 0 Å². The summed E-state index contributed by atoms with van der Waals surface area (Å²) in [6.07, 6.45) is 4.55. The lowest BCUT2D eigenvalue weighted by molar-refractivity contribution is 0.263. The van der Waals surface area contributed by atoms with Gasteiger partial charge in [0.15, 0.2) is 0 Å². The molecule has 0 aromatic carbocycles. The molecule has 0 bridgehead atoms. The molecular weight excluding hydrogens is 220 g/mol. The summed E-state index contributed by atoms with van der Waals surface area (Å²) in [4.78, 5) is 11.7. The molecule has 17 heavy (non-hydrogen) atoms. The molecule has 0 saturated heterocycles. The summed E-state index contributed by atoms with van der Waals surface area (Å²) < 4.78 is 10.5. The highest BCUT2D eigenvalue weighted by molar-refractivity contribution is 5.20. The van der Waals surface area contributed by atoms with E-state index in [1.165, 1.54) is 12.8 Å². The fourth-order valence-electron chi connectivity index (χ4n) is 1.30. The molecule has 0 spiro atoms. The highest BCUT2D eigenvalue weighted by atomic mass is 16.5. The number of aromatic nitrogens is 3. The van der Waals surface area contributed by atoms with Crippen molar-refractivity contribution < 1.29 is 9.47 Å². The average Bonchev–Trinajstić information content (AvgIpc) is 2.28. The molecule has 0 unspecified atom stereocenters. The van der Waals surface area contributed by atoms with Crippen LogP contribution in [0.15, 0.2) is 0 Å². The van der Waals surface area contributed by atoms with Gasteiger partial charge in [-0.1, -0.05) is 26.2 Å². The molecule has 1 aromatic heterocycles. The maximum Gasteiger partial charge on any atom is 0.324 e. The van der Waals surface area contributed by atoms with E-state index in [-0.39, 0.29) is 18.0 Å². The van der Waals surface area contributed by atoms with Gasteiger partial charge < -0.3 is 15.2 Å². The van der Waals surface area contributed by atoms with Crippen LogP contribution in [0.4, 0.5) is 5.95 Å². The van der Waals surface area contributed by atoms with Gasteiger partial charge in [0.05, 0.1) is 13.2 Å². The van der Waals surface area contributed by atoms with E-state index in [1.807, 2.05) is 6.92 Å². The van der Waals surface area contributed by atoms with Crippen LogP contribution in [0.25, 0.3) is 0 Å². The van der Waals surface area contributed by atoms with Crippen LogP contribution >= 0.6 is 0 Å². The molecule has 6 nitrogen and oxygen atoms in total. The van der Waals surface area contributed by atoms with Crippen molar-refractivity contribution in [2.75, 3.05) is 18.9 Å². The minimum atomic E-state index is 0.118. The first-order chi connectivity index (χ1) is 8.26. The standard InChI is InChI=1S/C11H20N4O2/c1-3-5-6-7-8-17-11-14-9(12)13-10(15-11)16-4-2/h3-8H2,1-2H3,(H2,12,13,14,15).